The highest BCUT2D eigenvalue weighted by atomic mass is 32.2. The van der Waals surface area contributed by atoms with Gasteiger partial charge >= 0.3 is 6.36 Å². The van der Waals surface area contributed by atoms with Gasteiger partial charge in [-0.25, -0.2) is 13.1 Å². The van der Waals surface area contributed by atoms with E-state index in [2.05, 4.69) is 35.1 Å². The molecule has 1 fully saturated rings. The van der Waals surface area contributed by atoms with Crippen LogP contribution in [0, 0.1) is 0 Å². The zero-order valence-corrected chi connectivity index (χ0v) is 18.1. The van der Waals surface area contributed by atoms with Crippen molar-refractivity contribution in [3.63, 3.8) is 0 Å². The van der Waals surface area contributed by atoms with Gasteiger partial charge in [-0.1, -0.05) is 0 Å². The lowest BCUT2D eigenvalue weighted by Crippen LogP contribution is -2.44. The molecule has 1 aromatic rings. The van der Waals surface area contributed by atoms with Crippen molar-refractivity contribution in [3.8, 4) is 5.75 Å². The molecule has 2 rings (SSSR count). The van der Waals surface area contributed by atoms with Crippen molar-refractivity contribution in [2.45, 2.75) is 50.4 Å². The lowest BCUT2D eigenvalue weighted by atomic mass is 10.1. The number of nitrogens with zero attached hydrogens (tertiary/aromatic N) is 2. The lowest BCUT2D eigenvalue weighted by Gasteiger charge is -2.34. The van der Waals surface area contributed by atoms with Crippen LogP contribution in [0.4, 0.5) is 13.2 Å². The monoisotopic (exact) mass is 451 g/mol. The number of halogens is 3. The van der Waals surface area contributed by atoms with E-state index < -0.39 is 22.1 Å². The van der Waals surface area contributed by atoms with E-state index in [4.69, 9.17) is 0 Å². The molecule has 0 atom stereocenters. The summed E-state index contributed by atoms with van der Waals surface area (Å²) in [5, 5.41) is 0. The van der Waals surface area contributed by atoms with Crippen LogP contribution in [0.25, 0.3) is 0 Å². The van der Waals surface area contributed by atoms with Crippen LogP contribution in [0.1, 0.15) is 33.6 Å². The molecular weight excluding hydrogens is 423 g/mol. The Morgan fingerprint density at radius 3 is 2.27 bits per heavy atom. The first kappa shape index (κ1) is 24.4. The van der Waals surface area contributed by atoms with Gasteiger partial charge in [-0.15, -0.1) is 13.2 Å². The molecular formula is C19H28F3N3O4S. The van der Waals surface area contributed by atoms with Gasteiger partial charge in [-0.3, -0.25) is 9.69 Å². The number of rotatable bonds is 6. The molecule has 0 aliphatic carbocycles. The molecule has 1 aliphatic rings. The highest BCUT2D eigenvalue weighted by Gasteiger charge is 2.31. The smallest absolute Gasteiger partial charge is 0.406 e. The third-order valence-electron chi connectivity index (χ3n) is 4.80. The number of hydrogen-bond acceptors (Lipinski definition) is 5. The Kier molecular flexibility index (Phi) is 7.75. The molecule has 0 radical (unpaired) electrons. The molecule has 1 aliphatic heterocycles. The molecule has 0 saturated carbocycles. The predicted molar refractivity (Wildman–Crippen MR) is 105 cm³/mol. The number of sulfonamides is 1. The number of benzene rings is 1. The first-order chi connectivity index (χ1) is 13.8. The average molecular weight is 452 g/mol. The van der Waals surface area contributed by atoms with Gasteiger partial charge < -0.3 is 9.64 Å². The summed E-state index contributed by atoms with van der Waals surface area (Å²) in [6, 6.07) is 3.87. The number of hydrogen-bond donors (Lipinski definition) is 1. The summed E-state index contributed by atoms with van der Waals surface area (Å²) in [5.41, 5.74) is 0.0232. The second-order valence-electron chi connectivity index (χ2n) is 8.06. The van der Waals surface area contributed by atoms with Gasteiger partial charge in [0.25, 0.3) is 0 Å². The summed E-state index contributed by atoms with van der Waals surface area (Å²) in [4.78, 5) is 16.3. The molecule has 7 nitrogen and oxygen atoms in total. The van der Waals surface area contributed by atoms with E-state index in [1.807, 2.05) is 0 Å². The topological polar surface area (TPSA) is 79.0 Å². The molecule has 1 aromatic carbocycles. The molecule has 30 heavy (non-hydrogen) atoms. The highest BCUT2D eigenvalue weighted by molar-refractivity contribution is 7.89. The van der Waals surface area contributed by atoms with Crippen molar-refractivity contribution in [2.24, 2.45) is 0 Å². The van der Waals surface area contributed by atoms with Gasteiger partial charge in [-0.2, -0.15) is 0 Å². The van der Waals surface area contributed by atoms with E-state index >= 15 is 0 Å². The number of amides is 1. The summed E-state index contributed by atoms with van der Waals surface area (Å²) in [5.74, 6) is -0.649. The summed E-state index contributed by atoms with van der Waals surface area (Å²) in [6.45, 7) is 9.15. The molecule has 1 saturated heterocycles. The quantitative estimate of drug-likeness (QED) is 0.719. The van der Waals surface area contributed by atoms with Gasteiger partial charge in [0.05, 0.1) is 4.90 Å². The zero-order chi connectivity index (χ0) is 22.6. The normalized spacial score (nSPS) is 16.9. The summed E-state index contributed by atoms with van der Waals surface area (Å²) < 4.78 is 67.2. The minimum atomic E-state index is -4.85. The maximum Gasteiger partial charge on any atom is 0.573 e. The maximum absolute atomic E-state index is 12.5. The zero-order valence-electron chi connectivity index (χ0n) is 17.3. The Labute approximate surface area is 175 Å². The Balaban J connectivity index is 1.85. The molecule has 0 aromatic heterocycles. The Hall–Kier alpha value is -1.85. The van der Waals surface area contributed by atoms with Crippen molar-refractivity contribution in [1.29, 1.82) is 0 Å². The molecule has 11 heteroatoms. The van der Waals surface area contributed by atoms with Gasteiger partial charge in [0, 0.05) is 44.7 Å². The lowest BCUT2D eigenvalue weighted by molar-refractivity contribution is -0.274. The minimum Gasteiger partial charge on any atom is -0.406 e. The second kappa shape index (κ2) is 9.52. The van der Waals surface area contributed by atoms with Crippen molar-refractivity contribution < 1.29 is 31.1 Å². The molecule has 0 bridgehead atoms. The Morgan fingerprint density at radius 1 is 1.07 bits per heavy atom. The van der Waals surface area contributed by atoms with E-state index in [0.29, 0.717) is 13.1 Å². The second-order valence-corrected chi connectivity index (χ2v) is 9.83. The van der Waals surface area contributed by atoms with E-state index in [9.17, 15) is 26.4 Å². The summed E-state index contributed by atoms with van der Waals surface area (Å²) >= 11 is 0. The highest BCUT2D eigenvalue weighted by Crippen LogP contribution is 2.24. The fourth-order valence-electron chi connectivity index (χ4n) is 3.19. The van der Waals surface area contributed by atoms with Gasteiger partial charge in [0.1, 0.15) is 5.75 Å². The van der Waals surface area contributed by atoms with Crippen LogP contribution >= 0.6 is 0 Å². The number of alkyl halides is 3. The first-order valence-corrected chi connectivity index (χ1v) is 11.1. The van der Waals surface area contributed by atoms with Crippen LogP contribution in [0.15, 0.2) is 29.2 Å². The van der Waals surface area contributed by atoms with Gasteiger partial charge in [0.2, 0.25) is 15.9 Å². The Bertz CT molecular complexity index is 821. The van der Waals surface area contributed by atoms with Gasteiger partial charge in [0.15, 0.2) is 0 Å². The van der Waals surface area contributed by atoms with Crippen molar-refractivity contribution in [1.82, 2.24) is 14.5 Å². The van der Waals surface area contributed by atoms with E-state index in [1.165, 1.54) is 0 Å². The maximum atomic E-state index is 12.5. The average Bonchev–Trinajstić information content (AvgIpc) is 2.86. The SMILES string of the molecule is CC(C)(C)N1CCCN(C(=O)CCNS(=O)(=O)c2ccc(OC(F)(F)F)cc2)CC1. The van der Waals surface area contributed by atoms with Crippen molar-refractivity contribution in [2.75, 3.05) is 32.7 Å². The van der Waals surface area contributed by atoms with Crippen molar-refractivity contribution in [3.05, 3.63) is 24.3 Å². The van der Waals surface area contributed by atoms with Gasteiger partial charge in [-0.05, 0) is 51.5 Å². The van der Waals surface area contributed by atoms with Crippen LogP contribution < -0.4 is 9.46 Å². The fraction of sp³-hybridized carbons (Fsp3) is 0.632. The van der Waals surface area contributed by atoms with E-state index in [1.54, 1.807) is 4.90 Å². The number of carbonyl (C=O) groups is 1. The molecule has 1 N–H and O–H groups in total. The number of carbonyl (C=O) groups excluding carboxylic acids is 1. The first-order valence-electron chi connectivity index (χ1n) is 9.66. The summed E-state index contributed by atoms with van der Waals surface area (Å²) in [7, 11) is -3.95. The molecule has 0 spiro atoms. The van der Waals surface area contributed by atoms with E-state index in [-0.39, 0.29) is 29.3 Å². The molecule has 0 unspecified atom stereocenters. The van der Waals surface area contributed by atoms with Crippen molar-refractivity contribution >= 4 is 15.9 Å². The number of nitrogens with one attached hydrogen (secondary N) is 1. The third-order valence-corrected chi connectivity index (χ3v) is 6.27. The molecule has 1 amide bonds. The van der Waals surface area contributed by atoms with Crippen LogP contribution in [0.5, 0.6) is 5.75 Å². The Morgan fingerprint density at radius 2 is 1.70 bits per heavy atom. The molecule has 1 heterocycles. The minimum absolute atomic E-state index is 0.00398. The number of ether oxygens (including phenoxy) is 1. The van der Waals surface area contributed by atoms with Crippen LogP contribution in [0.2, 0.25) is 0 Å². The van der Waals surface area contributed by atoms with Crippen LogP contribution in [-0.4, -0.2) is 68.7 Å². The molecule has 170 valence electrons. The summed E-state index contributed by atoms with van der Waals surface area (Å²) in [6.07, 6.45) is -4.00. The van der Waals surface area contributed by atoms with Crippen LogP contribution in [-0.2, 0) is 14.8 Å². The van der Waals surface area contributed by atoms with E-state index in [0.717, 1.165) is 43.8 Å². The van der Waals surface area contributed by atoms with Crippen LogP contribution in [0.3, 0.4) is 0 Å². The predicted octanol–water partition coefficient (Wildman–Crippen LogP) is 2.59. The third kappa shape index (κ3) is 7.44. The fourth-order valence-corrected chi connectivity index (χ4v) is 4.22. The standard InChI is InChI=1S/C19H28F3N3O4S/c1-18(2,3)25-12-4-11-24(13-14-25)17(26)9-10-23-30(27,28)16-7-5-15(6-8-16)29-19(20,21)22/h5-8,23H,4,9-14H2,1-3H3. The largest absolute Gasteiger partial charge is 0.573 e.